The molecule has 100 valence electrons. The lowest BCUT2D eigenvalue weighted by Crippen LogP contribution is -2.13. The number of methoxy groups -OCH3 is 1. The van der Waals surface area contributed by atoms with E-state index in [1.165, 1.54) is 11.1 Å². The van der Waals surface area contributed by atoms with Crippen LogP contribution >= 0.6 is 11.6 Å². The molecule has 0 amide bonds. The zero-order valence-corrected chi connectivity index (χ0v) is 12.0. The van der Waals surface area contributed by atoms with Gasteiger partial charge in [-0.05, 0) is 24.6 Å². The number of ether oxygens (including phenoxy) is 1. The van der Waals surface area contributed by atoms with Gasteiger partial charge in [-0.1, -0.05) is 47.5 Å². The van der Waals surface area contributed by atoms with E-state index in [0.29, 0.717) is 6.54 Å². The number of hydrogen-bond donors (Lipinski definition) is 1. The Morgan fingerprint density at radius 1 is 1.11 bits per heavy atom. The summed E-state index contributed by atoms with van der Waals surface area (Å²) >= 11 is 6.20. The van der Waals surface area contributed by atoms with E-state index in [4.69, 9.17) is 16.3 Å². The fourth-order valence-electron chi connectivity index (χ4n) is 2.06. The van der Waals surface area contributed by atoms with Crippen molar-refractivity contribution >= 4 is 11.6 Å². The summed E-state index contributed by atoms with van der Waals surface area (Å²) in [6.07, 6.45) is 0. The second-order valence-electron chi connectivity index (χ2n) is 4.51. The van der Waals surface area contributed by atoms with Gasteiger partial charge >= 0.3 is 0 Å². The highest BCUT2D eigenvalue weighted by Gasteiger charge is 2.06. The SMILES string of the molecule is COc1cccc(Cl)c1CNCc1cccc(C)c1. The van der Waals surface area contributed by atoms with Gasteiger partial charge in [0.05, 0.1) is 7.11 Å². The summed E-state index contributed by atoms with van der Waals surface area (Å²) in [4.78, 5) is 0. The summed E-state index contributed by atoms with van der Waals surface area (Å²) in [6.45, 7) is 3.60. The second-order valence-corrected chi connectivity index (χ2v) is 4.92. The molecule has 19 heavy (non-hydrogen) atoms. The van der Waals surface area contributed by atoms with E-state index >= 15 is 0 Å². The highest BCUT2D eigenvalue weighted by Crippen LogP contribution is 2.25. The summed E-state index contributed by atoms with van der Waals surface area (Å²) < 4.78 is 5.32. The molecular formula is C16H18ClNO. The molecule has 0 saturated heterocycles. The van der Waals surface area contributed by atoms with Crippen molar-refractivity contribution in [3.8, 4) is 5.75 Å². The topological polar surface area (TPSA) is 21.3 Å². The third-order valence-electron chi connectivity index (χ3n) is 3.01. The first kappa shape index (κ1) is 13.9. The fourth-order valence-corrected chi connectivity index (χ4v) is 2.29. The maximum absolute atomic E-state index is 6.20. The molecule has 0 aliphatic rings. The third kappa shape index (κ3) is 3.72. The molecule has 2 rings (SSSR count). The number of rotatable bonds is 5. The lowest BCUT2D eigenvalue weighted by Gasteiger charge is -2.11. The van der Waals surface area contributed by atoms with Crippen LogP contribution in [0.15, 0.2) is 42.5 Å². The molecule has 2 nitrogen and oxygen atoms in total. The third-order valence-corrected chi connectivity index (χ3v) is 3.36. The molecule has 0 unspecified atom stereocenters. The van der Waals surface area contributed by atoms with Crippen LogP contribution < -0.4 is 10.1 Å². The molecule has 0 aromatic heterocycles. The van der Waals surface area contributed by atoms with Gasteiger partial charge in [-0.2, -0.15) is 0 Å². The summed E-state index contributed by atoms with van der Waals surface area (Å²) in [5.74, 6) is 0.823. The van der Waals surface area contributed by atoms with Crippen LogP contribution in [-0.2, 0) is 13.1 Å². The summed E-state index contributed by atoms with van der Waals surface area (Å²) in [7, 11) is 1.66. The number of benzene rings is 2. The molecule has 0 fully saturated rings. The molecule has 0 aliphatic heterocycles. The minimum Gasteiger partial charge on any atom is -0.496 e. The van der Waals surface area contributed by atoms with E-state index < -0.39 is 0 Å². The van der Waals surface area contributed by atoms with Gasteiger partial charge in [0.1, 0.15) is 5.75 Å². The van der Waals surface area contributed by atoms with Crippen LogP contribution in [0.25, 0.3) is 0 Å². The van der Waals surface area contributed by atoms with Crippen molar-refractivity contribution in [3.05, 3.63) is 64.2 Å². The monoisotopic (exact) mass is 275 g/mol. The van der Waals surface area contributed by atoms with Gasteiger partial charge < -0.3 is 10.1 Å². The number of halogens is 1. The minimum atomic E-state index is 0.691. The van der Waals surface area contributed by atoms with Crippen LogP contribution in [-0.4, -0.2) is 7.11 Å². The first-order valence-electron chi connectivity index (χ1n) is 6.28. The van der Waals surface area contributed by atoms with E-state index in [2.05, 4.69) is 36.5 Å². The van der Waals surface area contributed by atoms with Gasteiger partial charge in [0, 0.05) is 23.7 Å². The molecule has 0 radical (unpaired) electrons. The molecule has 0 atom stereocenters. The van der Waals surface area contributed by atoms with Crippen LogP contribution in [0.1, 0.15) is 16.7 Å². The van der Waals surface area contributed by atoms with Gasteiger partial charge in [0.25, 0.3) is 0 Å². The van der Waals surface area contributed by atoms with E-state index in [1.807, 2.05) is 18.2 Å². The average Bonchev–Trinajstić information content (AvgIpc) is 2.40. The molecule has 0 spiro atoms. The van der Waals surface area contributed by atoms with Crippen molar-refractivity contribution in [2.45, 2.75) is 20.0 Å². The van der Waals surface area contributed by atoms with Gasteiger partial charge in [0.2, 0.25) is 0 Å². The lowest BCUT2D eigenvalue weighted by atomic mass is 10.1. The van der Waals surface area contributed by atoms with Gasteiger partial charge in [-0.25, -0.2) is 0 Å². The standard InChI is InChI=1S/C16H18ClNO/c1-12-5-3-6-13(9-12)10-18-11-14-15(17)7-4-8-16(14)19-2/h3-9,18H,10-11H2,1-2H3. The molecule has 0 bridgehead atoms. The maximum atomic E-state index is 6.20. The molecule has 2 aromatic rings. The Kier molecular flexibility index (Phi) is 4.83. The van der Waals surface area contributed by atoms with Crippen molar-refractivity contribution in [2.24, 2.45) is 0 Å². The quantitative estimate of drug-likeness (QED) is 0.892. The maximum Gasteiger partial charge on any atom is 0.124 e. The Morgan fingerprint density at radius 2 is 1.89 bits per heavy atom. The van der Waals surface area contributed by atoms with Crippen molar-refractivity contribution in [3.63, 3.8) is 0 Å². The highest BCUT2D eigenvalue weighted by atomic mass is 35.5. The van der Waals surface area contributed by atoms with Crippen molar-refractivity contribution < 1.29 is 4.74 Å². The van der Waals surface area contributed by atoms with Crippen molar-refractivity contribution in [1.82, 2.24) is 5.32 Å². The molecule has 0 aliphatic carbocycles. The fraction of sp³-hybridized carbons (Fsp3) is 0.250. The van der Waals surface area contributed by atoms with Crippen LogP contribution in [0.4, 0.5) is 0 Å². The first-order chi connectivity index (χ1) is 9.20. The normalized spacial score (nSPS) is 10.5. The number of hydrogen-bond acceptors (Lipinski definition) is 2. The van der Waals surface area contributed by atoms with E-state index in [1.54, 1.807) is 7.11 Å². The Labute approximate surface area is 119 Å². The summed E-state index contributed by atoms with van der Waals surface area (Å²) in [6, 6.07) is 14.2. The average molecular weight is 276 g/mol. The Bertz CT molecular complexity index is 554. The van der Waals surface area contributed by atoms with Crippen LogP contribution in [0.5, 0.6) is 5.75 Å². The largest absolute Gasteiger partial charge is 0.496 e. The summed E-state index contributed by atoms with van der Waals surface area (Å²) in [5, 5.41) is 4.13. The molecular weight excluding hydrogens is 258 g/mol. The Hall–Kier alpha value is -1.51. The smallest absolute Gasteiger partial charge is 0.124 e. The van der Waals surface area contributed by atoms with Gasteiger partial charge in [-0.15, -0.1) is 0 Å². The van der Waals surface area contributed by atoms with E-state index in [0.717, 1.165) is 22.9 Å². The molecule has 0 saturated carbocycles. The zero-order chi connectivity index (χ0) is 13.7. The van der Waals surface area contributed by atoms with Gasteiger partial charge in [0.15, 0.2) is 0 Å². The number of nitrogens with one attached hydrogen (secondary N) is 1. The second kappa shape index (κ2) is 6.60. The highest BCUT2D eigenvalue weighted by molar-refractivity contribution is 6.31. The number of aryl methyl sites for hydroxylation is 1. The predicted octanol–water partition coefficient (Wildman–Crippen LogP) is 3.95. The van der Waals surface area contributed by atoms with Crippen molar-refractivity contribution in [2.75, 3.05) is 7.11 Å². The molecule has 1 N–H and O–H groups in total. The Balaban J connectivity index is 2.00. The van der Waals surface area contributed by atoms with Crippen LogP contribution in [0, 0.1) is 6.92 Å². The first-order valence-corrected chi connectivity index (χ1v) is 6.66. The van der Waals surface area contributed by atoms with Crippen LogP contribution in [0.2, 0.25) is 5.02 Å². The van der Waals surface area contributed by atoms with Crippen LogP contribution in [0.3, 0.4) is 0 Å². The van der Waals surface area contributed by atoms with E-state index in [9.17, 15) is 0 Å². The van der Waals surface area contributed by atoms with Crippen molar-refractivity contribution in [1.29, 1.82) is 0 Å². The molecule has 3 heteroatoms. The zero-order valence-electron chi connectivity index (χ0n) is 11.2. The molecule has 2 aromatic carbocycles. The minimum absolute atomic E-state index is 0.691. The Morgan fingerprint density at radius 3 is 2.63 bits per heavy atom. The lowest BCUT2D eigenvalue weighted by molar-refractivity contribution is 0.407. The molecule has 0 heterocycles. The summed E-state index contributed by atoms with van der Waals surface area (Å²) in [5.41, 5.74) is 3.54. The predicted molar refractivity (Wildman–Crippen MR) is 79.7 cm³/mol. The van der Waals surface area contributed by atoms with E-state index in [-0.39, 0.29) is 0 Å². The van der Waals surface area contributed by atoms with Gasteiger partial charge in [-0.3, -0.25) is 0 Å².